The van der Waals surface area contributed by atoms with Crippen molar-refractivity contribution in [3.05, 3.63) is 46.8 Å². The minimum Gasteiger partial charge on any atom is -0.395 e. The van der Waals surface area contributed by atoms with Crippen molar-refractivity contribution in [1.29, 1.82) is 0 Å². The summed E-state index contributed by atoms with van der Waals surface area (Å²) in [6.45, 7) is 4.36. The number of nitrogens with zero attached hydrogens (tertiary/aromatic N) is 2. The van der Waals surface area contributed by atoms with Gasteiger partial charge in [-0.15, -0.1) is 0 Å². The molecule has 5 heteroatoms. The van der Waals surface area contributed by atoms with Gasteiger partial charge in [0, 0.05) is 13.6 Å². The Hall–Kier alpha value is -2.30. The molecule has 0 aliphatic heterocycles. The van der Waals surface area contributed by atoms with Crippen LogP contribution in [0.4, 0.5) is 5.69 Å². The number of hydrogen-bond acceptors (Lipinski definition) is 3. The number of rotatable bonds is 3. The number of carbonyl (C=O) groups is 1. The fourth-order valence-corrected chi connectivity index (χ4v) is 1.90. The first kappa shape index (κ1) is 13.1. The van der Waals surface area contributed by atoms with Gasteiger partial charge in [-0.3, -0.25) is 9.89 Å². The molecule has 2 aromatic rings. The van der Waals surface area contributed by atoms with Crippen molar-refractivity contribution < 1.29 is 4.79 Å². The third-order valence-corrected chi connectivity index (χ3v) is 3.21. The maximum atomic E-state index is 12.3. The second-order valence-corrected chi connectivity index (χ2v) is 4.70. The standard InChI is InChI=1S/C14H18N4O/c1-9-6-4-5-7-11(9)8-18(3)14(19)13-12(15)10(2)16-17-13/h4-7H,8,15H2,1-3H3,(H,16,17). The number of nitrogen functional groups attached to an aromatic ring is 1. The summed E-state index contributed by atoms with van der Waals surface area (Å²) in [4.78, 5) is 13.9. The summed E-state index contributed by atoms with van der Waals surface area (Å²) in [6.07, 6.45) is 0. The zero-order valence-corrected chi connectivity index (χ0v) is 11.4. The fraction of sp³-hybridized carbons (Fsp3) is 0.286. The van der Waals surface area contributed by atoms with Crippen LogP contribution in [0, 0.1) is 13.8 Å². The topological polar surface area (TPSA) is 75.0 Å². The van der Waals surface area contributed by atoms with Crippen LogP contribution in [0.15, 0.2) is 24.3 Å². The van der Waals surface area contributed by atoms with E-state index in [0.717, 1.165) is 11.1 Å². The second kappa shape index (κ2) is 5.14. The van der Waals surface area contributed by atoms with Gasteiger partial charge in [0.05, 0.1) is 11.4 Å². The Morgan fingerprint density at radius 2 is 2.05 bits per heavy atom. The molecular weight excluding hydrogens is 240 g/mol. The lowest BCUT2D eigenvalue weighted by molar-refractivity contribution is 0.0780. The lowest BCUT2D eigenvalue weighted by atomic mass is 10.1. The average molecular weight is 258 g/mol. The second-order valence-electron chi connectivity index (χ2n) is 4.70. The van der Waals surface area contributed by atoms with Crippen LogP contribution in [0.25, 0.3) is 0 Å². The molecule has 1 aromatic carbocycles. The number of aromatic nitrogens is 2. The zero-order valence-electron chi connectivity index (χ0n) is 11.4. The van der Waals surface area contributed by atoms with Gasteiger partial charge in [-0.1, -0.05) is 24.3 Å². The Morgan fingerprint density at radius 1 is 1.37 bits per heavy atom. The van der Waals surface area contributed by atoms with E-state index in [0.29, 0.717) is 17.9 Å². The molecule has 0 unspecified atom stereocenters. The van der Waals surface area contributed by atoms with Crippen molar-refractivity contribution in [3.8, 4) is 0 Å². The van der Waals surface area contributed by atoms with E-state index in [2.05, 4.69) is 10.2 Å². The molecular formula is C14H18N4O. The fourth-order valence-electron chi connectivity index (χ4n) is 1.90. The number of aryl methyl sites for hydroxylation is 2. The monoisotopic (exact) mass is 258 g/mol. The van der Waals surface area contributed by atoms with Crippen LogP contribution >= 0.6 is 0 Å². The minimum absolute atomic E-state index is 0.176. The minimum atomic E-state index is -0.176. The number of amides is 1. The predicted octanol–water partition coefficient (Wildman–Crippen LogP) is 1.88. The molecule has 0 atom stereocenters. The van der Waals surface area contributed by atoms with Gasteiger partial charge in [-0.25, -0.2) is 0 Å². The van der Waals surface area contributed by atoms with E-state index >= 15 is 0 Å². The van der Waals surface area contributed by atoms with Crippen LogP contribution in [0.5, 0.6) is 0 Å². The van der Waals surface area contributed by atoms with Crippen molar-refractivity contribution in [2.75, 3.05) is 12.8 Å². The van der Waals surface area contributed by atoms with Gasteiger partial charge in [-0.05, 0) is 25.0 Å². The van der Waals surface area contributed by atoms with Gasteiger partial charge in [0.1, 0.15) is 0 Å². The van der Waals surface area contributed by atoms with Crippen molar-refractivity contribution in [2.45, 2.75) is 20.4 Å². The molecule has 0 radical (unpaired) electrons. The quantitative estimate of drug-likeness (QED) is 0.882. The highest BCUT2D eigenvalue weighted by Gasteiger charge is 2.19. The summed E-state index contributed by atoms with van der Waals surface area (Å²) in [7, 11) is 1.75. The molecule has 1 aromatic heterocycles. The first-order valence-electron chi connectivity index (χ1n) is 6.11. The number of aromatic amines is 1. The molecule has 0 saturated heterocycles. The average Bonchev–Trinajstić information content (AvgIpc) is 2.72. The molecule has 0 saturated carbocycles. The van der Waals surface area contributed by atoms with Crippen molar-refractivity contribution >= 4 is 11.6 Å². The van der Waals surface area contributed by atoms with E-state index in [1.807, 2.05) is 31.2 Å². The van der Waals surface area contributed by atoms with E-state index in [4.69, 9.17) is 5.73 Å². The Labute approximate surface area is 112 Å². The normalized spacial score (nSPS) is 10.5. The molecule has 1 amide bonds. The van der Waals surface area contributed by atoms with Crippen molar-refractivity contribution in [3.63, 3.8) is 0 Å². The molecule has 100 valence electrons. The zero-order chi connectivity index (χ0) is 14.0. The maximum Gasteiger partial charge on any atom is 0.276 e. The maximum absolute atomic E-state index is 12.3. The van der Waals surface area contributed by atoms with E-state index in [9.17, 15) is 4.79 Å². The number of nitrogens with two attached hydrogens (primary N) is 1. The largest absolute Gasteiger partial charge is 0.395 e. The number of carbonyl (C=O) groups excluding carboxylic acids is 1. The van der Waals surface area contributed by atoms with E-state index < -0.39 is 0 Å². The molecule has 0 fully saturated rings. The number of hydrogen-bond donors (Lipinski definition) is 2. The van der Waals surface area contributed by atoms with Crippen LogP contribution in [0.3, 0.4) is 0 Å². The molecule has 0 spiro atoms. The Kier molecular flexibility index (Phi) is 3.55. The van der Waals surface area contributed by atoms with Crippen LogP contribution in [0.2, 0.25) is 0 Å². The smallest absolute Gasteiger partial charge is 0.276 e. The number of anilines is 1. The Bertz CT molecular complexity index is 603. The Morgan fingerprint density at radius 3 is 2.63 bits per heavy atom. The van der Waals surface area contributed by atoms with Gasteiger partial charge >= 0.3 is 0 Å². The third kappa shape index (κ3) is 2.59. The molecule has 0 aliphatic carbocycles. The summed E-state index contributed by atoms with van der Waals surface area (Å²) >= 11 is 0. The predicted molar refractivity (Wildman–Crippen MR) is 74.7 cm³/mol. The van der Waals surface area contributed by atoms with Gasteiger partial charge < -0.3 is 10.6 Å². The van der Waals surface area contributed by atoms with Crippen LogP contribution < -0.4 is 5.73 Å². The Balaban J connectivity index is 2.17. The van der Waals surface area contributed by atoms with E-state index in [1.54, 1.807) is 18.9 Å². The number of nitrogens with one attached hydrogen (secondary N) is 1. The van der Waals surface area contributed by atoms with Crippen molar-refractivity contribution in [2.24, 2.45) is 0 Å². The molecule has 3 N–H and O–H groups in total. The molecule has 1 heterocycles. The van der Waals surface area contributed by atoms with E-state index in [1.165, 1.54) is 0 Å². The van der Waals surface area contributed by atoms with E-state index in [-0.39, 0.29) is 11.6 Å². The highest BCUT2D eigenvalue weighted by molar-refractivity contribution is 5.97. The van der Waals surface area contributed by atoms with Gasteiger partial charge in [0.2, 0.25) is 0 Å². The van der Waals surface area contributed by atoms with Crippen LogP contribution in [-0.2, 0) is 6.54 Å². The van der Waals surface area contributed by atoms with Crippen LogP contribution in [0.1, 0.15) is 27.3 Å². The van der Waals surface area contributed by atoms with Gasteiger partial charge in [0.15, 0.2) is 5.69 Å². The molecule has 19 heavy (non-hydrogen) atoms. The summed E-state index contributed by atoms with van der Waals surface area (Å²) in [5.41, 5.74) is 9.52. The summed E-state index contributed by atoms with van der Waals surface area (Å²) in [6, 6.07) is 7.99. The SMILES string of the molecule is Cc1ccccc1CN(C)C(=O)c1n[nH]c(C)c1N. The molecule has 0 aliphatic rings. The summed E-state index contributed by atoms with van der Waals surface area (Å²) < 4.78 is 0. The summed E-state index contributed by atoms with van der Waals surface area (Å²) in [5.74, 6) is -0.176. The molecule has 5 nitrogen and oxygen atoms in total. The lowest BCUT2D eigenvalue weighted by Gasteiger charge is -2.17. The van der Waals surface area contributed by atoms with Gasteiger partial charge in [0.25, 0.3) is 5.91 Å². The highest BCUT2D eigenvalue weighted by Crippen LogP contribution is 2.16. The molecule has 2 rings (SSSR count). The first-order valence-corrected chi connectivity index (χ1v) is 6.11. The highest BCUT2D eigenvalue weighted by atomic mass is 16.2. The third-order valence-electron chi connectivity index (χ3n) is 3.21. The van der Waals surface area contributed by atoms with Crippen molar-refractivity contribution in [1.82, 2.24) is 15.1 Å². The lowest BCUT2D eigenvalue weighted by Crippen LogP contribution is -2.27. The molecule has 0 bridgehead atoms. The van der Waals surface area contributed by atoms with Crippen LogP contribution in [-0.4, -0.2) is 28.1 Å². The summed E-state index contributed by atoms with van der Waals surface area (Å²) in [5, 5.41) is 6.68. The number of benzene rings is 1. The van der Waals surface area contributed by atoms with Gasteiger partial charge in [-0.2, -0.15) is 5.10 Å². The number of H-pyrrole nitrogens is 1. The first-order chi connectivity index (χ1) is 9.00.